The number of nitrogens with zero attached hydrogens (tertiary/aromatic N) is 3. The van der Waals surface area contributed by atoms with Gasteiger partial charge in [-0.15, -0.1) is 0 Å². The molecule has 0 spiro atoms. The van der Waals surface area contributed by atoms with Gasteiger partial charge in [0, 0.05) is 49.3 Å². The van der Waals surface area contributed by atoms with Crippen LogP contribution in [0.3, 0.4) is 0 Å². The van der Waals surface area contributed by atoms with E-state index in [-0.39, 0.29) is 0 Å². The second-order valence-corrected chi connectivity index (χ2v) is 6.00. The topological polar surface area (TPSA) is 60.6 Å². The molecule has 25 heavy (non-hydrogen) atoms. The fourth-order valence-electron chi connectivity index (χ4n) is 2.68. The van der Waals surface area contributed by atoms with Gasteiger partial charge in [-0.25, -0.2) is 4.98 Å². The summed E-state index contributed by atoms with van der Waals surface area (Å²) in [6.45, 7) is 0. The van der Waals surface area contributed by atoms with E-state index in [0.717, 1.165) is 33.3 Å². The van der Waals surface area contributed by atoms with Gasteiger partial charge in [-0.1, -0.05) is 24.0 Å². The Bertz CT molecular complexity index is 1060. The first kappa shape index (κ1) is 15.0. The highest BCUT2D eigenvalue weighted by atomic mass is 15.1. The van der Waals surface area contributed by atoms with Gasteiger partial charge in [0.25, 0.3) is 0 Å². The summed E-state index contributed by atoms with van der Waals surface area (Å²) < 4.78 is 0. The van der Waals surface area contributed by atoms with Gasteiger partial charge >= 0.3 is 0 Å². The van der Waals surface area contributed by atoms with E-state index in [4.69, 9.17) is 0 Å². The normalized spacial score (nSPS) is 10.5. The highest BCUT2D eigenvalue weighted by molar-refractivity contribution is 5.87. The molecule has 0 amide bonds. The third kappa shape index (κ3) is 2.98. The Morgan fingerprint density at radius 1 is 0.960 bits per heavy atom. The van der Waals surface area contributed by atoms with Crippen LogP contribution in [-0.2, 0) is 0 Å². The molecule has 0 aliphatic carbocycles. The zero-order valence-corrected chi connectivity index (χ0v) is 14.0. The van der Waals surface area contributed by atoms with E-state index in [0.29, 0.717) is 0 Å². The Morgan fingerprint density at radius 3 is 2.52 bits per heavy atom. The lowest BCUT2D eigenvalue weighted by Crippen LogP contribution is -2.07. The van der Waals surface area contributed by atoms with E-state index in [1.165, 1.54) is 5.69 Å². The Morgan fingerprint density at radius 2 is 1.80 bits per heavy atom. The van der Waals surface area contributed by atoms with Crippen molar-refractivity contribution in [2.45, 2.75) is 0 Å². The first-order valence-electron chi connectivity index (χ1n) is 7.96. The van der Waals surface area contributed by atoms with E-state index in [2.05, 4.69) is 67.2 Å². The van der Waals surface area contributed by atoms with Crippen LogP contribution >= 0.6 is 0 Å². The van der Waals surface area contributed by atoms with Crippen LogP contribution in [0.5, 0.6) is 0 Å². The molecule has 2 N–H and O–H groups in total. The molecular weight excluding hydrogens is 310 g/mol. The van der Waals surface area contributed by atoms with E-state index in [1.807, 2.05) is 26.5 Å². The van der Waals surface area contributed by atoms with Gasteiger partial charge in [0.15, 0.2) is 0 Å². The summed E-state index contributed by atoms with van der Waals surface area (Å²) in [5.41, 5.74) is 6.00. The predicted molar refractivity (Wildman–Crippen MR) is 100 cm³/mol. The summed E-state index contributed by atoms with van der Waals surface area (Å²) in [6, 6.07) is 10.6. The number of pyridine rings is 1. The minimum atomic E-state index is 0.838. The lowest BCUT2D eigenvalue weighted by molar-refractivity contribution is 1.09. The fraction of sp³-hybridized carbons (Fsp3) is 0.100. The number of hydrogen-bond acceptors (Lipinski definition) is 3. The maximum absolute atomic E-state index is 4.53. The quantitative estimate of drug-likeness (QED) is 0.555. The van der Waals surface area contributed by atoms with Crippen LogP contribution in [0.1, 0.15) is 11.1 Å². The van der Waals surface area contributed by atoms with Gasteiger partial charge in [-0.05, 0) is 23.8 Å². The summed E-state index contributed by atoms with van der Waals surface area (Å²) in [7, 11) is 4.07. The number of hydrogen-bond donors (Lipinski definition) is 2. The zero-order valence-electron chi connectivity index (χ0n) is 14.0. The average molecular weight is 327 g/mol. The van der Waals surface area contributed by atoms with Gasteiger partial charge in [-0.3, -0.25) is 5.10 Å². The Kier molecular flexibility index (Phi) is 3.71. The second kappa shape index (κ2) is 6.17. The number of H-pyrrole nitrogens is 2. The number of nitrogens with one attached hydrogen (secondary N) is 2. The number of benzene rings is 1. The molecule has 4 rings (SSSR count). The van der Waals surface area contributed by atoms with Crippen LogP contribution < -0.4 is 4.90 Å². The first-order valence-corrected chi connectivity index (χ1v) is 7.96. The third-order valence-corrected chi connectivity index (χ3v) is 4.09. The molecule has 4 aromatic rings. The monoisotopic (exact) mass is 327 g/mol. The van der Waals surface area contributed by atoms with Crippen molar-refractivity contribution in [1.29, 1.82) is 0 Å². The molecule has 0 saturated heterocycles. The van der Waals surface area contributed by atoms with Crippen molar-refractivity contribution in [3.05, 3.63) is 66.2 Å². The summed E-state index contributed by atoms with van der Waals surface area (Å²) in [5.74, 6) is 6.29. The van der Waals surface area contributed by atoms with Crippen molar-refractivity contribution in [3.63, 3.8) is 0 Å². The van der Waals surface area contributed by atoms with Crippen molar-refractivity contribution < 1.29 is 0 Å². The summed E-state index contributed by atoms with van der Waals surface area (Å²) in [6.07, 6.45) is 7.26. The molecule has 0 fully saturated rings. The molecule has 0 aliphatic heterocycles. The summed E-state index contributed by atoms with van der Waals surface area (Å²) >= 11 is 0. The van der Waals surface area contributed by atoms with Gasteiger partial charge < -0.3 is 9.88 Å². The molecule has 5 nitrogen and oxygen atoms in total. The highest BCUT2D eigenvalue weighted by Crippen LogP contribution is 2.26. The average Bonchev–Trinajstić information content (AvgIpc) is 3.29. The van der Waals surface area contributed by atoms with Crippen LogP contribution in [0.4, 0.5) is 5.69 Å². The van der Waals surface area contributed by atoms with E-state index in [1.54, 1.807) is 12.4 Å². The zero-order chi connectivity index (χ0) is 17.2. The molecule has 0 aliphatic rings. The molecule has 0 atom stereocenters. The summed E-state index contributed by atoms with van der Waals surface area (Å²) in [4.78, 5) is 9.79. The van der Waals surface area contributed by atoms with Gasteiger partial charge in [-0.2, -0.15) is 5.10 Å². The van der Waals surface area contributed by atoms with Crippen LogP contribution in [0.2, 0.25) is 0 Å². The predicted octanol–water partition coefficient (Wildman–Crippen LogP) is 3.42. The molecule has 0 saturated carbocycles. The number of anilines is 1. The standard InChI is InChI=1S/C20H17N5/c1-25(2)18-7-5-15(6-8-18)17-9-19-16(12-21-20(19)22-13-17)4-3-14-10-23-24-11-14/h5-13H,1-2H3,(H,21,22)(H,23,24). The van der Waals surface area contributed by atoms with Crippen molar-refractivity contribution in [2.24, 2.45) is 0 Å². The van der Waals surface area contributed by atoms with Crippen molar-refractivity contribution in [2.75, 3.05) is 19.0 Å². The maximum Gasteiger partial charge on any atom is 0.138 e. The van der Waals surface area contributed by atoms with Gasteiger partial charge in [0.1, 0.15) is 5.65 Å². The van der Waals surface area contributed by atoms with Crippen LogP contribution in [-0.4, -0.2) is 34.3 Å². The SMILES string of the molecule is CN(C)c1ccc(-c2cnc3[nH]cc(C#Cc4cn[nH]c4)c3c2)cc1. The Balaban J connectivity index is 1.73. The number of aromatic nitrogens is 4. The molecule has 122 valence electrons. The number of rotatable bonds is 2. The fourth-order valence-corrected chi connectivity index (χ4v) is 2.68. The highest BCUT2D eigenvalue weighted by Gasteiger charge is 2.06. The van der Waals surface area contributed by atoms with E-state index >= 15 is 0 Å². The molecular formula is C20H17N5. The lowest BCUT2D eigenvalue weighted by Gasteiger charge is -2.12. The van der Waals surface area contributed by atoms with Crippen LogP contribution in [0.25, 0.3) is 22.2 Å². The third-order valence-electron chi connectivity index (χ3n) is 4.09. The van der Waals surface area contributed by atoms with E-state index < -0.39 is 0 Å². The minimum Gasteiger partial charge on any atom is -0.378 e. The molecule has 0 unspecified atom stereocenters. The van der Waals surface area contributed by atoms with Crippen molar-refractivity contribution >= 4 is 16.7 Å². The molecule has 5 heteroatoms. The molecule has 0 bridgehead atoms. The Hall–Kier alpha value is -3.52. The van der Waals surface area contributed by atoms with Gasteiger partial charge in [0.05, 0.1) is 17.3 Å². The molecule has 0 radical (unpaired) electrons. The number of fused-ring (bicyclic) bond motifs is 1. The largest absolute Gasteiger partial charge is 0.378 e. The lowest BCUT2D eigenvalue weighted by atomic mass is 10.1. The Labute approximate surface area is 145 Å². The van der Waals surface area contributed by atoms with E-state index in [9.17, 15) is 0 Å². The molecule has 1 aromatic carbocycles. The van der Waals surface area contributed by atoms with Crippen LogP contribution in [0.15, 0.2) is 55.1 Å². The van der Waals surface area contributed by atoms with Crippen molar-refractivity contribution in [1.82, 2.24) is 20.2 Å². The summed E-state index contributed by atoms with van der Waals surface area (Å²) in [5, 5.41) is 7.69. The molecule has 3 heterocycles. The smallest absolute Gasteiger partial charge is 0.138 e. The first-order chi connectivity index (χ1) is 12.2. The molecule has 3 aromatic heterocycles. The number of aromatic amines is 2. The second-order valence-electron chi connectivity index (χ2n) is 6.00. The van der Waals surface area contributed by atoms with Crippen LogP contribution in [0, 0.1) is 11.8 Å². The minimum absolute atomic E-state index is 0.838. The van der Waals surface area contributed by atoms with Gasteiger partial charge in [0.2, 0.25) is 0 Å². The van der Waals surface area contributed by atoms with Crippen molar-refractivity contribution in [3.8, 4) is 23.0 Å². The maximum atomic E-state index is 4.53.